The molecule has 5 unspecified atom stereocenters. The fraction of sp³-hybridized carbons (Fsp3) is 0.389. The van der Waals surface area contributed by atoms with Gasteiger partial charge in [-0.25, -0.2) is 4.98 Å². The van der Waals surface area contributed by atoms with E-state index >= 15 is 0 Å². The Bertz CT molecular complexity index is 788. The van der Waals surface area contributed by atoms with Crippen molar-refractivity contribution in [2.75, 3.05) is 7.11 Å². The zero-order chi connectivity index (χ0) is 19.4. The number of hydrogen-bond acceptors (Lipinski definition) is 9. The van der Waals surface area contributed by atoms with E-state index in [0.29, 0.717) is 22.8 Å². The van der Waals surface area contributed by atoms with Crippen molar-refractivity contribution in [3.05, 3.63) is 42.2 Å². The summed E-state index contributed by atoms with van der Waals surface area (Å²) in [5.74, 6) is 0.563. The summed E-state index contributed by atoms with van der Waals surface area (Å²) in [5.41, 5.74) is 1.70. The minimum Gasteiger partial charge on any atom is -0.497 e. The summed E-state index contributed by atoms with van der Waals surface area (Å²) in [4.78, 5) is 13.8. The SMILES string of the molecule is COc1cc(C=NOC2OC(C)C(O)C(O)C2O)nc(-c2ccccn2)c1. The topological polar surface area (TPSA) is 127 Å². The van der Waals surface area contributed by atoms with Crippen molar-refractivity contribution in [2.24, 2.45) is 5.16 Å². The molecule has 1 aliphatic heterocycles. The lowest BCUT2D eigenvalue weighted by molar-refractivity contribution is -0.293. The van der Waals surface area contributed by atoms with Gasteiger partial charge in [0.05, 0.1) is 36.5 Å². The van der Waals surface area contributed by atoms with Gasteiger partial charge >= 0.3 is 0 Å². The van der Waals surface area contributed by atoms with E-state index in [1.165, 1.54) is 13.3 Å². The van der Waals surface area contributed by atoms with E-state index in [1.54, 1.807) is 25.3 Å². The largest absolute Gasteiger partial charge is 0.497 e. The molecule has 5 atom stereocenters. The van der Waals surface area contributed by atoms with Crippen LogP contribution < -0.4 is 4.74 Å². The Morgan fingerprint density at radius 3 is 2.63 bits per heavy atom. The molecule has 3 rings (SSSR count). The van der Waals surface area contributed by atoms with E-state index in [2.05, 4.69) is 15.1 Å². The molecular weight excluding hydrogens is 354 g/mol. The molecule has 2 aromatic heterocycles. The van der Waals surface area contributed by atoms with Crippen molar-refractivity contribution in [1.29, 1.82) is 0 Å². The highest BCUT2D eigenvalue weighted by Gasteiger charge is 2.43. The Labute approximate surface area is 155 Å². The number of aliphatic hydroxyl groups excluding tert-OH is 3. The van der Waals surface area contributed by atoms with Crippen molar-refractivity contribution in [1.82, 2.24) is 9.97 Å². The minimum absolute atomic E-state index is 0.439. The molecule has 1 saturated heterocycles. The molecule has 0 amide bonds. The fourth-order valence-electron chi connectivity index (χ4n) is 2.60. The number of rotatable bonds is 5. The molecule has 0 bridgehead atoms. The van der Waals surface area contributed by atoms with Gasteiger partial charge in [-0.3, -0.25) is 4.98 Å². The van der Waals surface area contributed by atoms with Crippen LogP contribution in [0.25, 0.3) is 11.4 Å². The van der Waals surface area contributed by atoms with Crippen LogP contribution in [-0.4, -0.2) is 69.3 Å². The second-order valence-electron chi connectivity index (χ2n) is 6.05. The molecule has 0 aliphatic carbocycles. The molecule has 3 N–H and O–H groups in total. The van der Waals surface area contributed by atoms with Gasteiger partial charge in [0, 0.05) is 18.3 Å². The molecule has 27 heavy (non-hydrogen) atoms. The van der Waals surface area contributed by atoms with E-state index in [1.807, 2.05) is 18.2 Å². The predicted octanol–water partition coefficient (Wildman–Crippen LogP) is 0.330. The summed E-state index contributed by atoms with van der Waals surface area (Å²) >= 11 is 0. The average molecular weight is 375 g/mol. The molecule has 0 aromatic carbocycles. The van der Waals surface area contributed by atoms with Gasteiger partial charge in [-0.05, 0) is 19.1 Å². The maximum atomic E-state index is 9.92. The molecule has 2 aromatic rings. The number of aliphatic hydroxyl groups is 3. The lowest BCUT2D eigenvalue weighted by Crippen LogP contribution is -2.56. The summed E-state index contributed by atoms with van der Waals surface area (Å²) in [6.45, 7) is 1.56. The first-order chi connectivity index (χ1) is 13.0. The van der Waals surface area contributed by atoms with Crippen molar-refractivity contribution < 1.29 is 29.6 Å². The van der Waals surface area contributed by atoms with Crippen LogP contribution in [0.4, 0.5) is 0 Å². The maximum absolute atomic E-state index is 9.92. The highest BCUT2D eigenvalue weighted by Crippen LogP contribution is 2.23. The summed E-state index contributed by atoms with van der Waals surface area (Å²) < 4.78 is 10.6. The van der Waals surface area contributed by atoms with Gasteiger partial charge in [0.2, 0.25) is 0 Å². The molecule has 1 fully saturated rings. The molecule has 0 radical (unpaired) electrons. The number of hydrogen-bond donors (Lipinski definition) is 3. The van der Waals surface area contributed by atoms with Crippen LogP contribution in [0.2, 0.25) is 0 Å². The number of pyridine rings is 2. The van der Waals surface area contributed by atoms with Gasteiger partial charge in [0.25, 0.3) is 6.29 Å². The Balaban J connectivity index is 1.75. The number of methoxy groups -OCH3 is 1. The maximum Gasteiger partial charge on any atom is 0.256 e. The van der Waals surface area contributed by atoms with Crippen molar-refractivity contribution in [3.8, 4) is 17.1 Å². The third kappa shape index (κ3) is 4.40. The van der Waals surface area contributed by atoms with Gasteiger partial charge in [-0.1, -0.05) is 11.2 Å². The molecule has 144 valence electrons. The van der Waals surface area contributed by atoms with Crippen LogP contribution in [0, 0.1) is 0 Å². The molecule has 0 spiro atoms. The highest BCUT2D eigenvalue weighted by atomic mass is 16.8. The van der Waals surface area contributed by atoms with Gasteiger partial charge in [0.1, 0.15) is 24.1 Å². The van der Waals surface area contributed by atoms with E-state index in [4.69, 9.17) is 14.3 Å². The van der Waals surface area contributed by atoms with Gasteiger partial charge < -0.3 is 29.6 Å². The quantitative estimate of drug-likeness (QED) is 0.504. The van der Waals surface area contributed by atoms with Crippen molar-refractivity contribution in [2.45, 2.75) is 37.6 Å². The van der Waals surface area contributed by atoms with E-state index in [-0.39, 0.29) is 0 Å². The first kappa shape index (κ1) is 19.2. The molecular formula is C18H21N3O6. The molecule has 3 heterocycles. The van der Waals surface area contributed by atoms with E-state index < -0.39 is 30.7 Å². The smallest absolute Gasteiger partial charge is 0.256 e. The van der Waals surface area contributed by atoms with Crippen LogP contribution in [0.3, 0.4) is 0 Å². The second kappa shape index (κ2) is 8.40. The number of ether oxygens (including phenoxy) is 2. The third-order valence-corrected chi connectivity index (χ3v) is 4.14. The molecule has 1 aliphatic rings. The lowest BCUT2D eigenvalue weighted by atomic mass is 10.0. The van der Waals surface area contributed by atoms with E-state index in [0.717, 1.165) is 0 Å². The Hall–Kier alpha value is -2.59. The van der Waals surface area contributed by atoms with Crippen LogP contribution in [-0.2, 0) is 9.57 Å². The average Bonchev–Trinajstić information content (AvgIpc) is 2.70. The van der Waals surface area contributed by atoms with Crippen LogP contribution in [0.15, 0.2) is 41.7 Å². The summed E-state index contributed by atoms with van der Waals surface area (Å²) in [7, 11) is 1.54. The van der Waals surface area contributed by atoms with Gasteiger partial charge in [-0.15, -0.1) is 0 Å². The number of nitrogens with zero attached hydrogens (tertiary/aromatic N) is 3. The second-order valence-corrected chi connectivity index (χ2v) is 6.05. The zero-order valence-electron chi connectivity index (χ0n) is 14.8. The predicted molar refractivity (Wildman–Crippen MR) is 95.1 cm³/mol. The summed E-state index contributed by atoms with van der Waals surface area (Å²) in [5, 5.41) is 33.2. The van der Waals surface area contributed by atoms with Crippen LogP contribution in [0.5, 0.6) is 5.75 Å². The fourth-order valence-corrected chi connectivity index (χ4v) is 2.60. The monoisotopic (exact) mass is 375 g/mol. The minimum atomic E-state index is -1.43. The Kier molecular flexibility index (Phi) is 5.97. The summed E-state index contributed by atoms with van der Waals surface area (Å²) in [6.07, 6.45) is -2.96. The number of aromatic nitrogens is 2. The zero-order valence-corrected chi connectivity index (χ0v) is 14.8. The Morgan fingerprint density at radius 1 is 1.11 bits per heavy atom. The molecule has 9 nitrogen and oxygen atoms in total. The first-order valence-corrected chi connectivity index (χ1v) is 8.36. The van der Waals surface area contributed by atoms with Gasteiger partial charge in [-0.2, -0.15) is 0 Å². The van der Waals surface area contributed by atoms with Crippen molar-refractivity contribution in [3.63, 3.8) is 0 Å². The molecule has 0 saturated carbocycles. The molecule has 9 heteroatoms. The van der Waals surface area contributed by atoms with Crippen LogP contribution in [0.1, 0.15) is 12.6 Å². The summed E-state index contributed by atoms with van der Waals surface area (Å²) in [6, 6.07) is 8.87. The standard InChI is InChI=1S/C18H21N3O6/c1-10-15(22)16(23)17(24)18(26-10)27-20-9-11-7-12(25-2)8-14(21-11)13-5-3-4-6-19-13/h3-10,15-18,22-24H,1-2H3. The first-order valence-electron chi connectivity index (χ1n) is 8.36. The third-order valence-electron chi connectivity index (χ3n) is 4.14. The van der Waals surface area contributed by atoms with Gasteiger partial charge in [0.15, 0.2) is 0 Å². The Morgan fingerprint density at radius 2 is 1.93 bits per heavy atom. The van der Waals surface area contributed by atoms with E-state index in [9.17, 15) is 15.3 Å². The highest BCUT2D eigenvalue weighted by molar-refractivity contribution is 5.78. The normalized spacial score (nSPS) is 28.3. The number of oxime groups is 1. The lowest BCUT2D eigenvalue weighted by Gasteiger charge is -2.37. The van der Waals surface area contributed by atoms with Crippen molar-refractivity contribution >= 4 is 6.21 Å². The van der Waals surface area contributed by atoms with Crippen LogP contribution >= 0.6 is 0 Å².